The molecule has 0 amide bonds. The zero-order valence-corrected chi connectivity index (χ0v) is 13.6. The first-order valence-electron chi connectivity index (χ1n) is 5.66. The van der Waals surface area contributed by atoms with Gasteiger partial charge >= 0.3 is 23.1 Å². The van der Waals surface area contributed by atoms with Crippen LogP contribution in [0.15, 0.2) is 0 Å². The molecule has 1 saturated heterocycles. The van der Waals surface area contributed by atoms with Crippen LogP contribution >= 0.6 is 0 Å². The summed E-state index contributed by atoms with van der Waals surface area (Å²) >= 11 is 0. The Kier molecular flexibility index (Phi) is 12.3. The van der Waals surface area contributed by atoms with Gasteiger partial charge in [0.2, 0.25) is 0 Å². The number of hydrogen-bond donors (Lipinski definition) is 0. The summed E-state index contributed by atoms with van der Waals surface area (Å²) in [7, 11) is 0. The first kappa shape index (κ1) is 19.5. The maximum Gasteiger partial charge on any atom is 2.00 e. The largest absolute Gasteiger partial charge is 2.00 e. The summed E-state index contributed by atoms with van der Waals surface area (Å²) in [4.78, 5) is 0. The van der Waals surface area contributed by atoms with Gasteiger partial charge in [0.05, 0.1) is 6.61 Å². The second-order valence-corrected chi connectivity index (χ2v) is 4.87. The molecule has 1 fully saturated rings. The van der Waals surface area contributed by atoms with Crippen molar-refractivity contribution >= 4 is 23.1 Å². The minimum absolute atomic E-state index is 0. The Balaban J connectivity index is 0. The third-order valence-electron chi connectivity index (χ3n) is 2.65. The van der Waals surface area contributed by atoms with E-state index >= 15 is 0 Å². The molecule has 4 heteroatoms. The summed E-state index contributed by atoms with van der Waals surface area (Å²) in [6.07, 6.45) is 5.61. The van der Waals surface area contributed by atoms with Crippen LogP contribution in [0.25, 0.3) is 0 Å². The smallest absolute Gasteiger partial charge is 1.00 e. The maximum absolute atomic E-state index is 5.75. The summed E-state index contributed by atoms with van der Waals surface area (Å²) in [6, 6.07) is 0. The van der Waals surface area contributed by atoms with Gasteiger partial charge in [0.25, 0.3) is 0 Å². The fraction of sp³-hybridized carbons (Fsp3) is 0.917. The minimum Gasteiger partial charge on any atom is -1.00 e. The number of hydrogen-bond acceptors (Lipinski definition) is 2. The molecule has 1 aliphatic rings. The molecule has 92 valence electrons. The van der Waals surface area contributed by atoms with Crippen molar-refractivity contribution in [3.8, 4) is 0 Å². The van der Waals surface area contributed by atoms with E-state index in [0.717, 1.165) is 32.5 Å². The average molecular weight is 304 g/mol. The Labute approximate surface area is 127 Å². The molecule has 1 aliphatic heterocycles. The molecule has 0 saturated carbocycles. The van der Waals surface area contributed by atoms with Gasteiger partial charge in [-0.2, -0.15) is 6.42 Å². The van der Waals surface area contributed by atoms with E-state index in [1.807, 2.05) is 0 Å². The minimum atomic E-state index is 0. The van der Waals surface area contributed by atoms with Gasteiger partial charge in [-0.25, -0.2) is 0 Å². The molecule has 0 aromatic heterocycles. The van der Waals surface area contributed by atoms with Crippen molar-refractivity contribution in [2.24, 2.45) is 5.41 Å². The van der Waals surface area contributed by atoms with Crippen molar-refractivity contribution in [2.45, 2.75) is 52.2 Å². The van der Waals surface area contributed by atoms with Crippen LogP contribution in [0.4, 0.5) is 0 Å². The van der Waals surface area contributed by atoms with Gasteiger partial charge in [0, 0.05) is 6.61 Å². The first-order chi connectivity index (χ1) is 6.64. The first-order valence-corrected chi connectivity index (χ1v) is 5.66. The molecule has 0 aliphatic carbocycles. The van der Waals surface area contributed by atoms with E-state index in [-0.39, 0.29) is 51.7 Å². The summed E-state index contributed by atoms with van der Waals surface area (Å²) in [5.41, 5.74) is 0.239. The molecule has 1 atom stereocenters. The summed E-state index contributed by atoms with van der Waals surface area (Å²) in [5, 5.41) is 0. The predicted octanol–water partition coefficient (Wildman–Crippen LogP) is -0.207. The van der Waals surface area contributed by atoms with Crippen LogP contribution in [-0.4, -0.2) is 42.6 Å². The van der Waals surface area contributed by atoms with E-state index in [1.54, 1.807) is 0 Å². The number of halogens is 1. The zero-order chi connectivity index (χ0) is 10.4. The Bertz CT molecular complexity index is 159. The van der Waals surface area contributed by atoms with Crippen LogP contribution in [0.3, 0.4) is 0 Å². The standard InChI is InChI=1S/C12H23O2.BrH.Mg/c1-4-8-12(2,3)10-14-11-7-5-6-9-13-11;;/h11H,1,4-10H2,2-3H3;1H;/q-1;;+2/p-1. The molecule has 1 unspecified atom stereocenters. The SMILES string of the molecule is [Br-].[CH2-]CCC(C)(C)COC1CCCCO1.[Mg+2]. The number of rotatable bonds is 5. The zero-order valence-electron chi connectivity index (χ0n) is 10.6. The molecular formula is C12H23BrMgO2. The van der Waals surface area contributed by atoms with Gasteiger partial charge < -0.3 is 33.4 Å². The molecule has 0 bridgehead atoms. The van der Waals surface area contributed by atoms with E-state index in [9.17, 15) is 0 Å². The molecule has 1 rings (SSSR count). The Morgan fingerprint density at radius 1 is 1.38 bits per heavy atom. The maximum atomic E-state index is 5.75. The fourth-order valence-corrected chi connectivity index (χ4v) is 1.71. The van der Waals surface area contributed by atoms with Gasteiger partial charge in [-0.15, -0.1) is 0 Å². The monoisotopic (exact) mass is 302 g/mol. The second-order valence-electron chi connectivity index (χ2n) is 4.87. The van der Waals surface area contributed by atoms with Crippen molar-refractivity contribution in [2.75, 3.05) is 13.2 Å². The molecule has 0 aromatic carbocycles. The van der Waals surface area contributed by atoms with Crippen LogP contribution in [0.5, 0.6) is 0 Å². The van der Waals surface area contributed by atoms with Crippen molar-refractivity contribution < 1.29 is 26.5 Å². The summed E-state index contributed by atoms with van der Waals surface area (Å²) in [6.45, 7) is 9.97. The molecule has 0 radical (unpaired) electrons. The van der Waals surface area contributed by atoms with E-state index in [4.69, 9.17) is 9.47 Å². The quantitative estimate of drug-likeness (QED) is 0.517. The third-order valence-corrected chi connectivity index (χ3v) is 2.65. The third kappa shape index (κ3) is 8.29. The van der Waals surface area contributed by atoms with Crippen LogP contribution in [0, 0.1) is 12.3 Å². The van der Waals surface area contributed by atoms with Gasteiger partial charge in [-0.1, -0.05) is 20.3 Å². The second kappa shape index (κ2) is 10.1. The normalized spacial score (nSPS) is 20.8. The molecule has 2 nitrogen and oxygen atoms in total. The van der Waals surface area contributed by atoms with Crippen LogP contribution in [-0.2, 0) is 9.47 Å². The van der Waals surface area contributed by atoms with Gasteiger partial charge in [0.15, 0.2) is 6.29 Å². The van der Waals surface area contributed by atoms with E-state index in [0.29, 0.717) is 0 Å². The van der Waals surface area contributed by atoms with E-state index in [1.165, 1.54) is 12.8 Å². The predicted molar refractivity (Wildman–Crippen MR) is 63.7 cm³/mol. The molecular weight excluding hydrogens is 280 g/mol. The molecule has 0 aromatic rings. The number of ether oxygens (including phenoxy) is 2. The van der Waals surface area contributed by atoms with Crippen molar-refractivity contribution in [3.05, 3.63) is 6.92 Å². The van der Waals surface area contributed by atoms with Gasteiger partial charge in [-0.3, -0.25) is 0 Å². The molecule has 0 spiro atoms. The molecule has 0 N–H and O–H groups in total. The Morgan fingerprint density at radius 3 is 2.56 bits per heavy atom. The molecule has 16 heavy (non-hydrogen) atoms. The van der Waals surface area contributed by atoms with Gasteiger partial charge in [-0.05, 0) is 24.7 Å². The average Bonchev–Trinajstić information content (AvgIpc) is 2.17. The van der Waals surface area contributed by atoms with Crippen LogP contribution in [0.2, 0.25) is 0 Å². The van der Waals surface area contributed by atoms with Crippen molar-refractivity contribution in [3.63, 3.8) is 0 Å². The van der Waals surface area contributed by atoms with Crippen molar-refractivity contribution in [1.29, 1.82) is 0 Å². The van der Waals surface area contributed by atoms with E-state index < -0.39 is 0 Å². The fourth-order valence-electron chi connectivity index (χ4n) is 1.71. The van der Waals surface area contributed by atoms with E-state index in [2.05, 4.69) is 20.8 Å². The van der Waals surface area contributed by atoms with Crippen LogP contribution < -0.4 is 17.0 Å². The summed E-state index contributed by atoms with van der Waals surface area (Å²) < 4.78 is 11.3. The topological polar surface area (TPSA) is 18.5 Å². The van der Waals surface area contributed by atoms with Crippen LogP contribution in [0.1, 0.15) is 46.0 Å². The van der Waals surface area contributed by atoms with Gasteiger partial charge in [0.1, 0.15) is 0 Å². The van der Waals surface area contributed by atoms with Crippen molar-refractivity contribution in [1.82, 2.24) is 0 Å². The Morgan fingerprint density at radius 2 is 2.06 bits per heavy atom. The summed E-state index contributed by atoms with van der Waals surface area (Å²) in [5.74, 6) is 0. The Hall–Kier alpha value is 1.17. The molecule has 1 heterocycles.